The van der Waals surface area contributed by atoms with Gasteiger partial charge in [0, 0.05) is 30.2 Å². The average molecular weight is 253 g/mol. The highest BCUT2D eigenvalue weighted by Gasteiger charge is 2.28. The minimum Gasteiger partial charge on any atom is -0.314 e. The molecule has 94 valence electrons. The van der Waals surface area contributed by atoms with E-state index in [-0.39, 0.29) is 0 Å². The quantitative estimate of drug-likeness (QED) is 0.867. The van der Waals surface area contributed by atoms with E-state index in [4.69, 9.17) is 11.6 Å². The molecule has 1 heterocycles. The largest absolute Gasteiger partial charge is 0.314 e. The lowest BCUT2D eigenvalue weighted by atomic mass is 9.99. The summed E-state index contributed by atoms with van der Waals surface area (Å²) in [6.07, 6.45) is 1.14. The summed E-state index contributed by atoms with van der Waals surface area (Å²) >= 11 is 5.95. The van der Waals surface area contributed by atoms with Crippen LogP contribution in [-0.2, 0) is 0 Å². The number of nitrogens with zero attached hydrogens (tertiary/aromatic N) is 1. The van der Waals surface area contributed by atoms with Gasteiger partial charge in [0.1, 0.15) is 0 Å². The Morgan fingerprint density at radius 3 is 2.35 bits per heavy atom. The smallest absolute Gasteiger partial charge is 0.0406 e. The second-order valence-corrected chi connectivity index (χ2v) is 5.05. The van der Waals surface area contributed by atoms with Crippen LogP contribution in [0, 0.1) is 0 Å². The fourth-order valence-corrected chi connectivity index (χ4v) is 2.71. The SMILES string of the molecule is CCC(c1ccc(Cl)cc1)N(CC)C1CNC1. The van der Waals surface area contributed by atoms with Crippen molar-refractivity contribution in [3.05, 3.63) is 34.9 Å². The number of halogens is 1. The molecule has 0 spiro atoms. The van der Waals surface area contributed by atoms with Gasteiger partial charge in [0.2, 0.25) is 0 Å². The third-order valence-electron chi connectivity index (χ3n) is 3.64. The van der Waals surface area contributed by atoms with Gasteiger partial charge in [0.25, 0.3) is 0 Å². The highest BCUT2D eigenvalue weighted by atomic mass is 35.5. The molecule has 1 aromatic rings. The lowest BCUT2D eigenvalue weighted by molar-refractivity contribution is 0.0981. The highest BCUT2D eigenvalue weighted by molar-refractivity contribution is 6.30. The van der Waals surface area contributed by atoms with Gasteiger partial charge in [-0.25, -0.2) is 0 Å². The van der Waals surface area contributed by atoms with Crippen LogP contribution in [0.15, 0.2) is 24.3 Å². The normalized spacial score (nSPS) is 18.1. The Morgan fingerprint density at radius 1 is 1.29 bits per heavy atom. The Labute approximate surface area is 109 Å². The van der Waals surface area contributed by atoms with E-state index in [2.05, 4.69) is 36.2 Å². The zero-order valence-corrected chi connectivity index (χ0v) is 11.4. The van der Waals surface area contributed by atoms with Crippen molar-refractivity contribution in [1.29, 1.82) is 0 Å². The molecule has 3 heteroatoms. The van der Waals surface area contributed by atoms with Crippen LogP contribution in [-0.4, -0.2) is 30.6 Å². The summed E-state index contributed by atoms with van der Waals surface area (Å²) in [5.74, 6) is 0. The van der Waals surface area contributed by atoms with Gasteiger partial charge >= 0.3 is 0 Å². The summed E-state index contributed by atoms with van der Waals surface area (Å²) in [4.78, 5) is 2.60. The van der Waals surface area contributed by atoms with Gasteiger partial charge in [-0.1, -0.05) is 37.6 Å². The minimum atomic E-state index is 0.518. The molecule has 1 saturated heterocycles. The van der Waals surface area contributed by atoms with E-state index < -0.39 is 0 Å². The van der Waals surface area contributed by atoms with Gasteiger partial charge in [-0.05, 0) is 30.7 Å². The van der Waals surface area contributed by atoms with E-state index >= 15 is 0 Å². The molecular formula is C14H21ClN2. The van der Waals surface area contributed by atoms with E-state index in [9.17, 15) is 0 Å². The van der Waals surface area contributed by atoms with Gasteiger partial charge < -0.3 is 5.32 Å². The van der Waals surface area contributed by atoms with Crippen LogP contribution in [0.3, 0.4) is 0 Å². The Morgan fingerprint density at radius 2 is 1.94 bits per heavy atom. The van der Waals surface area contributed by atoms with Crippen molar-refractivity contribution in [3.63, 3.8) is 0 Å². The van der Waals surface area contributed by atoms with Crippen molar-refractivity contribution in [3.8, 4) is 0 Å². The van der Waals surface area contributed by atoms with Crippen molar-refractivity contribution in [1.82, 2.24) is 10.2 Å². The van der Waals surface area contributed by atoms with Gasteiger partial charge in [-0.15, -0.1) is 0 Å². The molecule has 0 radical (unpaired) electrons. The number of nitrogens with one attached hydrogen (secondary N) is 1. The van der Waals surface area contributed by atoms with Crippen molar-refractivity contribution >= 4 is 11.6 Å². The molecule has 1 aromatic carbocycles. The molecule has 1 aliphatic rings. The molecule has 0 bridgehead atoms. The summed E-state index contributed by atoms with van der Waals surface area (Å²) < 4.78 is 0. The average Bonchev–Trinajstić information content (AvgIpc) is 2.28. The Bertz CT molecular complexity index is 346. The topological polar surface area (TPSA) is 15.3 Å². The third kappa shape index (κ3) is 2.82. The second kappa shape index (κ2) is 5.85. The van der Waals surface area contributed by atoms with Crippen LogP contribution in [0.2, 0.25) is 5.02 Å². The van der Waals surface area contributed by atoms with Gasteiger partial charge in [0.05, 0.1) is 0 Å². The van der Waals surface area contributed by atoms with E-state index in [1.165, 1.54) is 5.56 Å². The summed E-state index contributed by atoms with van der Waals surface area (Å²) in [6, 6.07) is 9.51. The first-order valence-electron chi connectivity index (χ1n) is 6.48. The lowest BCUT2D eigenvalue weighted by Gasteiger charge is -2.42. The number of benzene rings is 1. The molecule has 1 unspecified atom stereocenters. The fraction of sp³-hybridized carbons (Fsp3) is 0.571. The zero-order valence-electron chi connectivity index (χ0n) is 10.6. The maximum atomic E-state index is 5.95. The Kier molecular flexibility index (Phi) is 4.43. The van der Waals surface area contributed by atoms with Crippen molar-refractivity contribution < 1.29 is 0 Å². The summed E-state index contributed by atoms with van der Waals surface area (Å²) in [6.45, 7) is 7.86. The van der Waals surface area contributed by atoms with E-state index in [0.29, 0.717) is 12.1 Å². The van der Waals surface area contributed by atoms with Crippen molar-refractivity contribution in [2.75, 3.05) is 19.6 Å². The molecule has 2 rings (SSSR count). The third-order valence-corrected chi connectivity index (χ3v) is 3.89. The summed E-state index contributed by atoms with van der Waals surface area (Å²) in [5, 5.41) is 4.17. The first kappa shape index (κ1) is 12.9. The Balaban J connectivity index is 2.15. The number of rotatable bonds is 5. The van der Waals surface area contributed by atoms with Gasteiger partial charge in [-0.2, -0.15) is 0 Å². The van der Waals surface area contributed by atoms with E-state index in [1.54, 1.807) is 0 Å². The Hall–Kier alpha value is -0.570. The second-order valence-electron chi connectivity index (χ2n) is 4.62. The number of hydrogen-bond donors (Lipinski definition) is 1. The van der Waals surface area contributed by atoms with Crippen LogP contribution in [0.1, 0.15) is 31.9 Å². The van der Waals surface area contributed by atoms with Crippen LogP contribution in [0.25, 0.3) is 0 Å². The molecule has 1 fully saturated rings. The molecule has 0 aromatic heterocycles. The van der Waals surface area contributed by atoms with Crippen LogP contribution in [0.4, 0.5) is 0 Å². The summed E-state index contributed by atoms with van der Waals surface area (Å²) in [7, 11) is 0. The van der Waals surface area contributed by atoms with Gasteiger partial charge in [0.15, 0.2) is 0 Å². The van der Waals surface area contributed by atoms with Crippen LogP contribution >= 0.6 is 11.6 Å². The zero-order chi connectivity index (χ0) is 12.3. The first-order chi connectivity index (χ1) is 8.26. The molecular weight excluding hydrogens is 232 g/mol. The van der Waals surface area contributed by atoms with E-state index in [0.717, 1.165) is 31.1 Å². The van der Waals surface area contributed by atoms with Crippen LogP contribution < -0.4 is 5.32 Å². The lowest BCUT2D eigenvalue weighted by Crippen LogP contribution is -2.57. The fourth-order valence-electron chi connectivity index (χ4n) is 2.59. The molecule has 1 N–H and O–H groups in total. The molecule has 1 aliphatic heterocycles. The standard InChI is InChI=1S/C14H21ClN2/c1-3-14(11-5-7-12(15)8-6-11)17(4-2)13-9-16-10-13/h5-8,13-14,16H,3-4,9-10H2,1-2H3. The molecule has 0 aliphatic carbocycles. The predicted molar refractivity (Wildman–Crippen MR) is 73.5 cm³/mol. The molecule has 17 heavy (non-hydrogen) atoms. The molecule has 1 atom stereocenters. The highest BCUT2D eigenvalue weighted by Crippen LogP contribution is 2.28. The molecule has 0 amide bonds. The summed E-state index contributed by atoms with van der Waals surface area (Å²) in [5.41, 5.74) is 1.38. The molecule has 2 nitrogen and oxygen atoms in total. The predicted octanol–water partition coefficient (Wildman–Crippen LogP) is 3.08. The number of hydrogen-bond acceptors (Lipinski definition) is 2. The van der Waals surface area contributed by atoms with Crippen molar-refractivity contribution in [2.45, 2.75) is 32.4 Å². The maximum absolute atomic E-state index is 5.95. The van der Waals surface area contributed by atoms with Gasteiger partial charge in [-0.3, -0.25) is 4.90 Å². The first-order valence-corrected chi connectivity index (χ1v) is 6.86. The van der Waals surface area contributed by atoms with Crippen LogP contribution in [0.5, 0.6) is 0 Å². The molecule has 0 saturated carbocycles. The van der Waals surface area contributed by atoms with Crippen molar-refractivity contribution in [2.24, 2.45) is 0 Å². The monoisotopic (exact) mass is 252 g/mol. The maximum Gasteiger partial charge on any atom is 0.0406 e. The van der Waals surface area contributed by atoms with E-state index in [1.807, 2.05) is 12.1 Å². The number of likely N-dealkylation sites (N-methyl/N-ethyl adjacent to an activating group) is 1. The minimum absolute atomic E-state index is 0.518.